The molecule has 0 bridgehead atoms. The average Bonchev–Trinajstić information content (AvgIpc) is 2.89. The highest BCUT2D eigenvalue weighted by atomic mass is 16.1. The van der Waals surface area contributed by atoms with E-state index >= 15 is 0 Å². The van der Waals surface area contributed by atoms with E-state index in [1.165, 1.54) is 36.8 Å². The molecular formula is C16H23NO. The van der Waals surface area contributed by atoms with Crippen molar-refractivity contribution < 1.29 is 4.79 Å². The maximum atomic E-state index is 11.7. The first kappa shape index (κ1) is 13.1. The van der Waals surface area contributed by atoms with Gasteiger partial charge in [0.1, 0.15) is 0 Å². The Morgan fingerprint density at radius 2 is 2.11 bits per heavy atom. The van der Waals surface area contributed by atoms with E-state index in [4.69, 9.17) is 0 Å². The van der Waals surface area contributed by atoms with Crippen LogP contribution < -0.4 is 5.32 Å². The number of nitrogens with one attached hydrogen (secondary N) is 1. The van der Waals surface area contributed by atoms with E-state index in [1.807, 2.05) is 0 Å². The van der Waals surface area contributed by atoms with Crippen LogP contribution in [0.5, 0.6) is 0 Å². The van der Waals surface area contributed by atoms with E-state index in [-0.39, 0.29) is 5.91 Å². The Bertz CT molecular complexity index is 407. The Hall–Kier alpha value is -1.31. The lowest BCUT2D eigenvalue weighted by molar-refractivity contribution is -0.121. The zero-order chi connectivity index (χ0) is 13.0. The van der Waals surface area contributed by atoms with Crippen molar-refractivity contribution in [1.29, 1.82) is 0 Å². The van der Waals surface area contributed by atoms with Gasteiger partial charge in [-0.05, 0) is 37.2 Å². The monoisotopic (exact) mass is 245 g/mol. The molecule has 1 saturated carbocycles. The maximum absolute atomic E-state index is 11.7. The van der Waals surface area contributed by atoms with Crippen LogP contribution in [0, 0.1) is 12.8 Å². The first-order valence-electron chi connectivity index (χ1n) is 6.98. The molecule has 0 aromatic heterocycles. The van der Waals surface area contributed by atoms with Crippen molar-refractivity contribution in [2.24, 2.45) is 5.92 Å². The summed E-state index contributed by atoms with van der Waals surface area (Å²) < 4.78 is 0. The van der Waals surface area contributed by atoms with E-state index in [2.05, 4.69) is 36.5 Å². The Balaban J connectivity index is 2.20. The summed E-state index contributed by atoms with van der Waals surface area (Å²) in [4.78, 5) is 11.7. The number of rotatable bonds is 4. The fourth-order valence-corrected chi connectivity index (χ4v) is 3.12. The predicted octanol–water partition coefficient (Wildman–Crippen LogP) is 3.40. The van der Waals surface area contributed by atoms with Crippen LogP contribution in [0.2, 0.25) is 0 Å². The SMILES string of the molecule is CNC(=O)CC(c1cccc(C)c1)C1CCCC1. The number of benzene rings is 1. The van der Waals surface area contributed by atoms with Crippen molar-refractivity contribution in [2.75, 3.05) is 7.05 Å². The molecule has 1 unspecified atom stereocenters. The van der Waals surface area contributed by atoms with Gasteiger partial charge >= 0.3 is 0 Å². The molecule has 98 valence electrons. The molecular weight excluding hydrogens is 222 g/mol. The fourth-order valence-electron chi connectivity index (χ4n) is 3.12. The summed E-state index contributed by atoms with van der Waals surface area (Å²) in [7, 11) is 1.73. The van der Waals surface area contributed by atoms with Gasteiger partial charge in [0, 0.05) is 13.5 Å². The summed E-state index contributed by atoms with van der Waals surface area (Å²) in [6, 6.07) is 8.65. The third-order valence-electron chi connectivity index (χ3n) is 4.12. The number of hydrogen-bond acceptors (Lipinski definition) is 1. The second-order valence-electron chi connectivity index (χ2n) is 5.44. The number of carbonyl (C=O) groups excluding carboxylic acids is 1. The van der Waals surface area contributed by atoms with E-state index < -0.39 is 0 Å². The molecule has 2 rings (SSSR count). The zero-order valence-electron chi connectivity index (χ0n) is 11.4. The summed E-state index contributed by atoms with van der Waals surface area (Å²) in [6.07, 6.45) is 5.82. The van der Waals surface area contributed by atoms with E-state index in [9.17, 15) is 4.79 Å². The minimum absolute atomic E-state index is 0.161. The number of amides is 1. The highest BCUT2D eigenvalue weighted by Gasteiger charge is 2.27. The molecule has 0 heterocycles. The molecule has 1 atom stereocenters. The first-order valence-corrected chi connectivity index (χ1v) is 6.98. The smallest absolute Gasteiger partial charge is 0.220 e. The quantitative estimate of drug-likeness (QED) is 0.865. The highest BCUT2D eigenvalue weighted by molar-refractivity contribution is 5.76. The predicted molar refractivity (Wildman–Crippen MR) is 74.6 cm³/mol. The van der Waals surface area contributed by atoms with Gasteiger partial charge in [-0.3, -0.25) is 4.79 Å². The summed E-state index contributed by atoms with van der Waals surface area (Å²) in [5, 5.41) is 2.76. The van der Waals surface area contributed by atoms with Gasteiger partial charge in [-0.2, -0.15) is 0 Å². The minimum atomic E-state index is 0.161. The standard InChI is InChI=1S/C16H23NO/c1-12-6-5-9-14(10-12)15(11-16(18)17-2)13-7-3-4-8-13/h5-6,9-10,13,15H,3-4,7-8,11H2,1-2H3,(H,17,18). The molecule has 1 aromatic rings. The van der Waals surface area contributed by atoms with Crippen LogP contribution in [0.25, 0.3) is 0 Å². The lowest BCUT2D eigenvalue weighted by Gasteiger charge is -2.23. The van der Waals surface area contributed by atoms with Gasteiger partial charge in [-0.25, -0.2) is 0 Å². The maximum Gasteiger partial charge on any atom is 0.220 e. The molecule has 1 aliphatic carbocycles. The summed E-state index contributed by atoms with van der Waals surface area (Å²) in [5.41, 5.74) is 2.62. The molecule has 2 heteroatoms. The topological polar surface area (TPSA) is 29.1 Å². The van der Waals surface area contributed by atoms with Crippen molar-refractivity contribution in [2.45, 2.75) is 44.9 Å². The molecule has 18 heavy (non-hydrogen) atoms. The normalized spacial score (nSPS) is 17.7. The van der Waals surface area contributed by atoms with Crippen LogP contribution in [-0.4, -0.2) is 13.0 Å². The van der Waals surface area contributed by atoms with Gasteiger partial charge < -0.3 is 5.32 Å². The molecule has 1 aromatic carbocycles. The second kappa shape index (κ2) is 6.03. The number of aryl methyl sites for hydroxylation is 1. The molecule has 1 aliphatic rings. The van der Waals surface area contributed by atoms with Crippen molar-refractivity contribution in [3.05, 3.63) is 35.4 Å². The van der Waals surface area contributed by atoms with Gasteiger partial charge in [0.15, 0.2) is 0 Å². The van der Waals surface area contributed by atoms with Crippen LogP contribution in [0.4, 0.5) is 0 Å². The van der Waals surface area contributed by atoms with Gasteiger partial charge in [0.2, 0.25) is 5.91 Å². The fraction of sp³-hybridized carbons (Fsp3) is 0.562. The van der Waals surface area contributed by atoms with Crippen LogP contribution in [0.3, 0.4) is 0 Å². The first-order chi connectivity index (χ1) is 8.70. The molecule has 0 saturated heterocycles. The Morgan fingerprint density at radius 3 is 2.72 bits per heavy atom. The van der Waals surface area contributed by atoms with Crippen molar-refractivity contribution in [3.8, 4) is 0 Å². The second-order valence-corrected chi connectivity index (χ2v) is 5.44. The van der Waals surface area contributed by atoms with E-state index in [0.717, 1.165) is 0 Å². The number of carbonyl (C=O) groups is 1. The van der Waals surface area contributed by atoms with Crippen molar-refractivity contribution >= 4 is 5.91 Å². The molecule has 2 nitrogen and oxygen atoms in total. The Labute approximate surface area is 110 Å². The van der Waals surface area contributed by atoms with Crippen LogP contribution in [0.1, 0.15) is 49.1 Å². The molecule has 0 spiro atoms. The Kier molecular flexibility index (Phi) is 4.40. The minimum Gasteiger partial charge on any atom is -0.359 e. The zero-order valence-corrected chi connectivity index (χ0v) is 11.4. The van der Waals surface area contributed by atoms with Crippen molar-refractivity contribution in [3.63, 3.8) is 0 Å². The lowest BCUT2D eigenvalue weighted by Crippen LogP contribution is -2.23. The van der Waals surface area contributed by atoms with E-state index in [1.54, 1.807) is 7.05 Å². The Morgan fingerprint density at radius 1 is 1.39 bits per heavy atom. The van der Waals surface area contributed by atoms with Gasteiger partial charge in [0.05, 0.1) is 0 Å². The summed E-state index contributed by atoms with van der Waals surface area (Å²) in [6.45, 7) is 2.12. The average molecular weight is 245 g/mol. The molecule has 0 radical (unpaired) electrons. The van der Waals surface area contributed by atoms with Crippen LogP contribution in [-0.2, 0) is 4.79 Å². The molecule has 0 aliphatic heterocycles. The van der Waals surface area contributed by atoms with Crippen LogP contribution >= 0.6 is 0 Å². The molecule has 1 fully saturated rings. The molecule has 1 amide bonds. The largest absolute Gasteiger partial charge is 0.359 e. The lowest BCUT2D eigenvalue weighted by atomic mass is 9.82. The third kappa shape index (κ3) is 3.12. The van der Waals surface area contributed by atoms with Gasteiger partial charge in [0.25, 0.3) is 0 Å². The third-order valence-corrected chi connectivity index (χ3v) is 4.12. The number of hydrogen-bond donors (Lipinski definition) is 1. The van der Waals surface area contributed by atoms with Gasteiger partial charge in [-0.1, -0.05) is 42.7 Å². The highest BCUT2D eigenvalue weighted by Crippen LogP contribution is 2.39. The van der Waals surface area contributed by atoms with E-state index in [0.29, 0.717) is 18.3 Å². The summed E-state index contributed by atoms with van der Waals surface area (Å²) in [5.74, 6) is 1.24. The van der Waals surface area contributed by atoms with Crippen molar-refractivity contribution in [1.82, 2.24) is 5.32 Å². The molecule has 1 N–H and O–H groups in total. The van der Waals surface area contributed by atoms with Gasteiger partial charge in [-0.15, -0.1) is 0 Å². The summed E-state index contributed by atoms with van der Waals surface area (Å²) >= 11 is 0. The van der Waals surface area contributed by atoms with Crippen LogP contribution in [0.15, 0.2) is 24.3 Å².